The summed E-state index contributed by atoms with van der Waals surface area (Å²) < 4.78 is 8.74. The molecule has 68 valence electrons. The molecule has 9 heteroatoms. The number of nitrogen functional groups attached to an aromatic ring is 2. The van der Waals surface area contributed by atoms with Gasteiger partial charge in [0, 0.05) is 0 Å². The maximum Gasteiger partial charge on any atom is 0.314 e. The Morgan fingerprint density at radius 1 is 1.42 bits per heavy atom. The van der Waals surface area contributed by atoms with E-state index < -0.39 is 8.25 Å². The Bertz CT molecular complexity index is 243. The molecule has 0 radical (unpaired) electrons. The lowest BCUT2D eigenvalue weighted by molar-refractivity contribution is 0.405. The van der Waals surface area contributed by atoms with Crippen LogP contribution in [-0.4, -0.2) is 25.2 Å². The van der Waals surface area contributed by atoms with Crippen LogP contribution in [-0.2, 0) is 4.57 Å². The van der Waals surface area contributed by atoms with Crippen molar-refractivity contribution in [2.45, 2.75) is 0 Å². The van der Waals surface area contributed by atoms with Crippen LogP contribution in [0.4, 0.5) is 11.5 Å². The number of aromatic nitrogens is 3. The van der Waals surface area contributed by atoms with E-state index in [4.69, 9.17) is 25.8 Å². The molecule has 0 aromatic carbocycles. The van der Waals surface area contributed by atoms with Crippen molar-refractivity contribution in [3.63, 3.8) is 0 Å². The zero-order chi connectivity index (χ0) is 9.56. The van der Waals surface area contributed by atoms with E-state index in [1.54, 1.807) is 0 Å². The highest BCUT2D eigenvalue weighted by Gasteiger charge is 1.90. The highest BCUT2D eigenvalue weighted by atomic mass is 31.1. The van der Waals surface area contributed by atoms with Gasteiger partial charge in [-0.2, -0.15) is 0 Å². The highest BCUT2D eigenvalue weighted by Crippen LogP contribution is 2.02. The van der Waals surface area contributed by atoms with Gasteiger partial charge in [-0.05, 0) is 5.21 Å². The molecule has 0 spiro atoms. The molecule has 0 amide bonds. The van der Waals surface area contributed by atoms with Crippen LogP contribution in [0.15, 0.2) is 6.20 Å². The Labute approximate surface area is 68.2 Å². The molecule has 0 saturated carbocycles. The maximum atomic E-state index is 8.74. The molecule has 0 aliphatic carbocycles. The minimum Gasteiger partial charge on any atom is -0.394 e. The van der Waals surface area contributed by atoms with E-state index >= 15 is 0 Å². The Hall–Kier alpha value is -1.24. The standard InChI is InChI=1S/C3H5N5.H3O3P/c4-2-1-6-8-7-3(2)5;1-4(2)3/h1H,(H2,4,8)(H2,5,6,7);4H,(H2,1,2,3). The largest absolute Gasteiger partial charge is 0.394 e. The van der Waals surface area contributed by atoms with E-state index in [2.05, 4.69) is 15.4 Å². The predicted octanol–water partition coefficient (Wildman–Crippen LogP) is -1.60. The fraction of sp³-hybridized carbons (Fsp3) is 0. The minimum absolute atomic E-state index is 0.222. The monoisotopic (exact) mass is 193 g/mol. The second-order valence-corrected chi connectivity index (χ2v) is 2.12. The summed E-state index contributed by atoms with van der Waals surface area (Å²) >= 11 is 0. The summed E-state index contributed by atoms with van der Waals surface area (Å²) in [5.41, 5.74) is 10.8. The Morgan fingerprint density at radius 2 is 1.92 bits per heavy atom. The molecule has 0 aliphatic heterocycles. The van der Waals surface area contributed by atoms with Crippen LogP contribution in [0.5, 0.6) is 0 Å². The van der Waals surface area contributed by atoms with Crippen molar-refractivity contribution in [3.8, 4) is 0 Å². The van der Waals surface area contributed by atoms with Crippen LogP contribution in [0, 0.1) is 0 Å². The topological polar surface area (TPSA) is 148 Å². The number of nitrogens with two attached hydrogens (primary N) is 2. The summed E-state index contributed by atoms with van der Waals surface area (Å²) in [6.07, 6.45) is 1.35. The van der Waals surface area contributed by atoms with E-state index in [-0.39, 0.29) is 5.82 Å². The van der Waals surface area contributed by atoms with E-state index in [1.165, 1.54) is 6.20 Å². The molecule has 0 fully saturated rings. The van der Waals surface area contributed by atoms with Gasteiger partial charge >= 0.3 is 8.25 Å². The molecule has 0 aliphatic rings. The van der Waals surface area contributed by atoms with Gasteiger partial charge in [-0.3, -0.25) is 4.57 Å². The fourth-order valence-corrected chi connectivity index (χ4v) is 0.286. The van der Waals surface area contributed by atoms with Gasteiger partial charge < -0.3 is 21.3 Å². The Kier molecular flexibility index (Phi) is 4.86. The van der Waals surface area contributed by atoms with Gasteiger partial charge in [-0.1, -0.05) is 0 Å². The summed E-state index contributed by atoms with van der Waals surface area (Å²) in [6.45, 7) is 0. The quantitative estimate of drug-likeness (QED) is 0.360. The van der Waals surface area contributed by atoms with Crippen molar-refractivity contribution < 1.29 is 14.4 Å². The molecule has 1 aromatic rings. The summed E-state index contributed by atoms with van der Waals surface area (Å²) in [4.78, 5) is 14.3. The summed E-state index contributed by atoms with van der Waals surface area (Å²) in [6, 6.07) is 0. The molecule has 1 aromatic heterocycles. The number of nitrogens with zero attached hydrogens (tertiary/aromatic N) is 3. The summed E-state index contributed by atoms with van der Waals surface area (Å²) in [5, 5.41) is 9.99. The third kappa shape index (κ3) is 5.54. The van der Waals surface area contributed by atoms with Gasteiger partial charge in [0.1, 0.15) is 0 Å². The lowest BCUT2D eigenvalue weighted by Gasteiger charge is -1.90. The van der Waals surface area contributed by atoms with Gasteiger partial charge in [0.25, 0.3) is 0 Å². The van der Waals surface area contributed by atoms with Gasteiger partial charge in [0.05, 0.1) is 11.9 Å². The molecule has 1 rings (SSSR count). The second kappa shape index (κ2) is 5.42. The zero-order valence-electron chi connectivity index (χ0n) is 5.88. The zero-order valence-corrected chi connectivity index (χ0v) is 6.88. The number of hydrogen-bond acceptors (Lipinski definition) is 6. The van der Waals surface area contributed by atoms with Crippen LogP contribution in [0.25, 0.3) is 0 Å². The van der Waals surface area contributed by atoms with E-state index in [0.29, 0.717) is 5.69 Å². The minimum atomic E-state index is -3.13. The Morgan fingerprint density at radius 3 is 2.17 bits per heavy atom. The van der Waals surface area contributed by atoms with Gasteiger partial charge in [-0.25, -0.2) is 0 Å². The molecule has 0 unspecified atom stereocenters. The average Bonchev–Trinajstić information content (AvgIpc) is 1.94. The predicted molar refractivity (Wildman–Crippen MR) is 42.1 cm³/mol. The first-order chi connectivity index (χ1) is 5.54. The van der Waals surface area contributed by atoms with Gasteiger partial charge in [0.2, 0.25) is 0 Å². The molecule has 6 N–H and O–H groups in total. The van der Waals surface area contributed by atoms with Gasteiger partial charge in [-0.15, -0.1) is 10.2 Å². The van der Waals surface area contributed by atoms with Crippen molar-refractivity contribution in [2.24, 2.45) is 0 Å². The number of anilines is 2. The number of rotatable bonds is 0. The van der Waals surface area contributed by atoms with Crippen LogP contribution >= 0.6 is 8.25 Å². The number of hydrogen-bond donors (Lipinski definition) is 4. The third-order valence-electron chi connectivity index (χ3n) is 0.697. The first-order valence-electron chi connectivity index (χ1n) is 2.65. The summed E-state index contributed by atoms with van der Waals surface area (Å²) in [5.74, 6) is 0.222. The van der Waals surface area contributed by atoms with Gasteiger partial charge in [0.15, 0.2) is 5.82 Å². The van der Waals surface area contributed by atoms with E-state index in [0.717, 1.165) is 0 Å². The van der Waals surface area contributed by atoms with Crippen molar-refractivity contribution in [1.82, 2.24) is 15.4 Å². The first kappa shape index (κ1) is 10.8. The highest BCUT2D eigenvalue weighted by molar-refractivity contribution is 7.30. The molecule has 0 saturated heterocycles. The van der Waals surface area contributed by atoms with E-state index in [9.17, 15) is 0 Å². The first-order valence-corrected chi connectivity index (χ1v) is 3.95. The van der Waals surface area contributed by atoms with Crippen LogP contribution in [0.1, 0.15) is 0 Å². The lowest BCUT2D eigenvalue weighted by atomic mass is 10.5. The normalized spacial score (nSPS) is 8.92. The molecule has 0 atom stereocenters. The molecule has 8 nitrogen and oxygen atoms in total. The van der Waals surface area contributed by atoms with Crippen molar-refractivity contribution in [2.75, 3.05) is 11.5 Å². The van der Waals surface area contributed by atoms with E-state index in [1.807, 2.05) is 0 Å². The molecular weight excluding hydrogens is 185 g/mol. The van der Waals surface area contributed by atoms with Crippen molar-refractivity contribution >= 4 is 19.8 Å². The fourth-order valence-electron chi connectivity index (χ4n) is 0.286. The van der Waals surface area contributed by atoms with Crippen molar-refractivity contribution in [1.29, 1.82) is 0 Å². The SMILES string of the molecule is Nc1cnnnc1N.O=[PH](O)O. The maximum absolute atomic E-state index is 8.74. The van der Waals surface area contributed by atoms with Crippen molar-refractivity contribution in [3.05, 3.63) is 6.20 Å². The second-order valence-electron chi connectivity index (χ2n) is 1.56. The average molecular weight is 193 g/mol. The smallest absolute Gasteiger partial charge is 0.314 e. The third-order valence-corrected chi connectivity index (χ3v) is 0.697. The van der Waals surface area contributed by atoms with Crippen LogP contribution in [0.3, 0.4) is 0 Å². The van der Waals surface area contributed by atoms with Crippen LogP contribution < -0.4 is 11.5 Å². The molecule has 1 heterocycles. The molecular formula is C3H8N5O3P. The molecule has 0 bridgehead atoms. The summed E-state index contributed by atoms with van der Waals surface area (Å²) in [7, 11) is -3.13. The Balaban J connectivity index is 0.000000261. The molecule has 12 heavy (non-hydrogen) atoms. The van der Waals surface area contributed by atoms with Crippen LogP contribution in [0.2, 0.25) is 0 Å². The lowest BCUT2D eigenvalue weighted by Crippen LogP contribution is -2.00.